The summed E-state index contributed by atoms with van der Waals surface area (Å²) in [4.78, 5) is 11.7. The van der Waals surface area contributed by atoms with Crippen LogP contribution in [0.3, 0.4) is 0 Å². The van der Waals surface area contributed by atoms with E-state index in [4.69, 9.17) is 0 Å². The molecule has 0 radical (unpaired) electrons. The van der Waals surface area contributed by atoms with Crippen LogP contribution >= 0.6 is 0 Å². The number of hydrogen-bond acceptors (Lipinski definition) is 2. The van der Waals surface area contributed by atoms with Crippen molar-refractivity contribution in [3.05, 3.63) is 0 Å². The first-order valence-electron chi connectivity index (χ1n) is 7.19. The maximum Gasteiger partial charge on any atom is 0.220 e. The third kappa shape index (κ3) is 4.30. The van der Waals surface area contributed by atoms with Gasteiger partial charge in [-0.25, -0.2) is 0 Å². The van der Waals surface area contributed by atoms with Crippen LogP contribution in [-0.2, 0) is 4.79 Å². The van der Waals surface area contributed by atoms with Gasteiger partial charge in [0.05, 0.1) is 6.10 Å². The second-order valence-corrected chi connectivity index (χ2v) is 5.83. The van der Waals surface area contributed by atoms with Crippen molar-refractivity contribution in [3.8, 4) is 0 Å². The molecular formula is C14H25NO2. The standard InChI is InChI=1S/C14H25NO2/c16-13-7-5-12(6-8-13)10-15-14(17)9-11-3-1-2-4-11/h11-13,16H,1-10H2,(H,15,17). The number of amides is 1. The fourth-order valence-electron chi connectivity index (χ4n) is 3.16. The summed E-state index contributed by atoms with van der Waals surface area (Å²) in [5, 5.41) is 12.5. The van der Waals surface area contributed by atoms with Crippen LogP contribution < -0.4 is 5.32 Å². The van der Waals surface area contributed by atoms with Gasteiger partial charge in [-0.2, -0.15) is 0 Å². The van der Waals surface area contributed by atoms with Crippen molar-refractivity contribution in [2.75, 3.05) is 6.54 Å². The molecule has 0 bridgehead atoms. The van der Waals surface area contributed by atoms with E-state index >= 15 is 0 Å². The lowest BCUT2D eigenvalue weighted by Crippen LogP contribution is -2.32. The molecule has 2 aliphatic carbocycles. The van der Waals surface area contributed by atoms with Crippen molar-refractivity contribution < 1.29 is 9.90 Å². The molecule has 2 rings (SSSR count). The minimum absolute atomic E-state index is 0.0968. The quantitative estimate of drug-likeness (QED) is 0.790. The van der Waals surface area contributed by atoms with Crippen LogP contribution in [0.5, 0.6) is 0 Å². The summed E-state index contributed by atoms with van der Waals surface area (Å²) in [5.41, 5.74) is 0. The van der Waals surface area contributed by atoms with E-state index in [1.807, 2.05) is 0 Å². The van der Waals surface area contributed by atoms with Crippen LogP contribution in [0.15, 0.2) is 0 Å². The highest BCUT2D eigenvalue weighted by Gasteiger charge is 2.21. The van der Waals surface area contributed by atoms with Crippen molar-refractivity contribution in [2.45, 2.75) is 63.9 Å². The SMILES string of the molecule is O=C(CC1CCCC1)NCC1CCC(O)CC1. The van der Waals surface area contributed by atoms with Crippen LogP contribution in [0.2, 0.25) is 0 Å². The molecule has 17 heavy (non-hydrogen) atoms. The normalized spacial score (nSPS) is 30.4. The first-order valence-corrected chi connectivity index (χ1v) is 7.19. The highest BCUT2D eigenvalue weighted by Crippen LogP contribution is 2.27. The van der Waals surface area contributed by atoms with E-state index in [-0.39, 0.29) is 12.0 Å². The Labute approximate surface area is 104 Å². The second-order valence-electron chi connectivity index (χ2n) is 5.83. The highest BCUT2D eigenvalue weighted by atomic mass is 16.3. The van der Waals surface area contributed by atoms with Crippen LogP contribution in [0.25, 0.3) is 0 Å². The summed E-state index contributed by atoms with van der Waals surface area (Å²) in [5.74, 6) is 1.47. The molecule has 0 atom stereocenters. The van der Waals surface area contributed by atoms with Gasteiger partial charge in [0, 0.05) is 13.0 Å². The van der Waals surface area contributed by atoms with Gasteiger partial charge in [-0.05, 0) is 50.4 Å². The molecule has 0 heterocycles. The average molecular weight is 239 g/mol. The zero-order valence-corrected chi connectivity index (χ0v) is 10.7. The van der Waals surface area contributed by atoms with Crippen molar-refractivity contribution in [2.24, 2.45) is 11.8 Å². The first kappa shape index (κ1) is 12.9. The first-order chi connectivity index (χ1) is 8.24. The van der Waals surface area contributed by atoms with Crippen molar-refractivity contribution >= 4 is 5.91 Å². The smallest absolute Gasteiger partial charge is 0.220 e. The van der Waals surface area contributed by atoms with E-state index in [1.54, 1.807) is 0 Å². The molecule has 2 saturated carbocycles. The van der Waals surface area contributed by atoms with Gasteiger partial charge < -0.3 is 10.4 Å². The number of rotatable bonds is 4. The van der Waals surface area contributed by atoms with E-state index in [2.05, 4.69) is 5.32 Å². The van der Waals surface area contributed by atoms with Gasteiger partial charge in [-0.15, -0.1) is 0 Å². The van der Waals surface area contributed by atoms with E-state index in [1.165, 1.54) is 25.7 Å². The second kappa shape index (κ2) is 6.39. The molecule has 0 unspecified atom stereocenters. The van der Waals surface area contributed by atoms with Gasteiger partial charge >= 0.3 is 0 Å². The molecule has 2 aliphatic rings. The van der Waals surface area contributed by atoms with Gasteiger partial charge in [0.1, 0.15) is 0 Å². The van der Waals surface area contributed by atoms with Gasteiger partial charge in [0.2, 0.25) is 5.91 Å². The lowest BCUT2D eigenvalue weighted by atomic mass is 9.87. The fourth-order valence-corrected chi connectivity index (χ4v) is 3.16. The van der Waals surface area contributed by atoms with Crippen LogP contribution in [0.4, 0.5) is 0 Å². The number of hydrogen-bond donors (Lipinski definition) is 2. The number of carbonyl (C=O) groups excluding carboxylic acids is 1. The number of aliphatic hydroxyl groups excluding tert-OH is 1. The molecule has 0 aromatic carbocycles. The molecule has 2 fully saturated rings. The van der Waals surface area contributed by atoms with Crippen LogP contribution in [0, 0.1) is 11.8 Å². The zero-order valence-electron chi connectivity index (χ0n) is 10.7. The van der Waals surface area contributed by atoms with Gasteiger partial charge in [0.15, 0.2) is 0 Å². The molecule has 2 N–H and O–H groups in total. The van der Waals surface area contributed by atoms with Crippen molar-refractivity contribution in [1.29, 1.82) is 0 Å². The molecule has 0 spiro atoms. The Morgan fingerprint density at radius 1 is 1.00 bits per heavy atom. The Morgan fingerprint density at radius 2 is 1.65 bits per heavy atom. The summed E-state index contributed by atoms with van der Waals surface area (Å²) < 4.78 is 0. The Balaban J connectivity index is 1.59. The average Bonchev–Trinajstić information content (AvgIpc) is 2.81. The summed E-state index contributed by atoms with van der Waals surface area (Å²) in [6.45, 7) is 0.818. The molecular weight excluding hydrogens is 214 g/mol. The predicted octanol–water partition coefficient (Wildman–Crippen LogP) is 2.23. The molecule has 0 aromatic rings. The largest absolute Gasteiger partial charge is 0.393 e. The lowest BCUT2D eigenvalue weighted by molar-refractivity contribution is -0.122. The zero-order chi connectivity index (χ0) is 12.1. The predicted molar refractivity (Wildman–Crippen MR) is 67.5 cm³/mol. The summed E-state index contributed by atoms with van der Waals surface area (Å²) >= 11 is 0. The maximum absolute atomic E-state index is 11.7. The summed E-state index contributed by atoms with van der Waals surface area (Å²) in [6.07, 6.45) is 9.65. The minimum Gasteiger partial charge on any atom is -0.393 e. The Bertz CT molecular complexity index is 241. The highest BCUT2D eigenvalue weighted by molar-refractivity contribution is 5.76. The third-order valence-corrected chi connectivity index (χ3v) is 4.35. The van der Waals surface area contributed by atoms with Gasteiger partial charge in [-0.1, -0.05) is 12.8 Å². The third-order valence-electron chi connectivity index (χ3n) is 4.35. The Hall–Kier alpha value is -0.570. The Kier molecular flexibility index (Phi) is 4.84. The fraction of sp³-hybridized carbons (Fsp3) is 0.929. The molecule has 0 aromatic heterocycles. The number of aliphatic hydroxyl groups is 1. The van der Waals surface area contributed by atoms with Crippen molar-refractivity contribution in [1.82, 2.24) is 5.32 Å². The molecule has 0 saturated heterocycles. The van der Waals surface area contributed by atoms with E-state index in [9.17, 15) is 9.90 Å². The van der Waals surface area contributed by atoms with E-state index in [0.717, 1.165) is 38.6 Å². The Morgan fingerprint density at radius 3 is 2.29 bits per heavy atom. The monoisotopic (exact) mass is 239 g/mol. The number of nitrogens with one attached hydrogen (secondary N) is 1. The van der Waals surface area contributed by atoms with E-state index in [0.29, 0.717) is 11.8 Å². The van der Waals surface area contributed by atoms with Gasteiger partial charge in [-0.3, -0.25) is 4.79 Å². The minimum atomic E-state index is -0.0968. The topological polar surface area (TPSA) is 49.3 Å². The molecule has 1 amide bonds. The molecule has 3 heteroatoms. The maximum atomic E-state index is 11.7. The van der Waals surface area contributed by atoms with Crippen LogP contribution in [-0.4, -0.2) is 23.7 Å². The molecule has 3 nitrogen and oxygen atoms in total. The molecule has 0 aliphatic heterocycles. The van der Waals surface area contributed by atoms with E-state index < -0.39 is 0 Å². The lowest BCUT2D eigenvalue weighted by Gasteiger charge is -2.25. The van der Waals surface area contributed by atoms with Crippen LogP contribution in [0.1, 0.15) is 57.8 Å². The molecule has 98 valence electrons. The summed E-state index contributed by atoms with van der Waals surface area (Å²) in [7, 11) is 0. The summed E-state index contributed by atoms with van der Waals surface area (Å²) in [6, 6.07) is 0. The number of carbonyl (C=O) groups is 1. The van der Waals surface area contributed by atoms with Gasteiger partial charge in [0.25, 0.3) is 0 Å². The van der Waals surface area contributed by atoms with Crippen molar-refractivity contribution in [3.63, 3.8) is 0 Å².